The van der Waals surface area contributed by atoms with E-state index < -0.39 is 29.3 Å². The molecule has 3 rings (SSSR count). The van der Waals surface area contributed by atoms with E-state index in [0.717, 1.165) is 37.8 Å². The summed E-state index contributed by atoms with van der Waals surface area (Å²) in [5.74, 6) is -1.17. The van der Waals surface area contributed by atoms with Crippen LogP contribution in [0.5, 0.6) is 5.88 Å². The Hall–Kier alpha value is -2.56. The Morgan fingerprint density at radius 1 is 1.19 bits per heavy atom. The number of halogens is 4. The van der Waals surface area contributed by atoms with Gasteiger partial charge in [0.05, 0.1) is 16.1 Å². The number of thiazole rings is 1. The van der Waals surface area contributed by atoms with Gasteiger partial charge < -0.3 is 21.1 Å². The minimum atomic E-state index is -4.81. The largest absolute Gasteiger partial charge is 0.492 e. The van der Waals surface area contributed by atoms with Gasteiger partial charge in [-0.2, -0.15) is 18.2 Å². The predicted molar refractivity (Wildman–Crippen MR) is 111 cm³/mol. The molecule has 2 aromatic rings. The lowest BCUT2D eigenvalue weighted by Gasteiger charge is -2.14. The molecule has 0 spiro atoms. The minimum Gasteiger partial charge on any atom is -0.492 e. The summed E-state index contributed by atoms with van der Waals surface area (Å²) in [7, 11) is 0. The molecule has 0 atom stereocenters. The molecule has 1 heterocycles. The number of aromatic nitrogens is 1. The van der Waals surface area contributed by atoms with E-state index in [1.807, 2.05) is 0 Å². The molecule has 0 unspecified atom stereocenters. The van der Waals surface area contributed by atoms with Gasteiger partial charge >= 0.3 is 12.2 Å². The van der Waals surface area contributed by atoms with Crippen LogP contribution in [0.15, 0.2) is 18.2 Å². The third-order valence-corrected chi connectivity index (χ3v) is 6.07. The molecule has 0 aliphatic heterocycles. The number of amides is 2. The van der Waals surface area contributed by atoms with Crippen molar-refractivity contribution in [1.82, 2.24) is 10.3 Å². The van der Waals surface area contributed by atoms with Gasteiger partial charge in [0.1, 0.15) is 5.82 Å². The van der Waals surface area contributed by atoms with Crippen LogP contribution in [0.4, 0.5) is 33.2 Å². The van der Waals surface area contributed by atoms with Crippen LogP contribution in [-0.4, -0.2) is 28.7 Å². The van der Waals surface area contributed by atoms with Crippen molar-refractivity contribution in [2.75, 3.05) is 17.2 Å². The number of carbonyl (C=O) groups is 1. The third-order valence-electron chi connectivity index (χ3n) is 5.03. The number of hydrogen-bond donors (Lipinski definition) is 4. The number of nitrogens with one attached hydrogen (secondary N) is 3. The van der Waals surface area contributed by atoms with Gasteiger partial charge in [-0.25, -0.2) is 9.18 Å². The van der Waals surface area contributed by atoms with Gasteiger partial charge in [0.25, 0.3) is 0 Å². The van der Waals surface area contributed by atoms with Gasteiger partial charge in [0, 0.05) is 19.0 Å². The summed E-state index contributed by atoms with van der Waals surface area (Å²) in [5.41, 5.74) is -1.81. The Bertz CT molecular complexity index is 896. The SMILES string of the molecule is O=C(NCCc1sc(NC2CCCCCC2)nc1O)Nc1ccc(F)cc1C(F)(F)F. The normalized spacial score (nSPS) is 15.4. The Labute approximate surface area is 181 Å². The average molecular weight is 460 g/mol. The molecule has 6 nitrogen and oxygen atoms in total. The molecule has 11 heteroatoms. The summed E-state index contributed by atoms with van der Waals surface area (Å²) >= 11 is 1.29. The van der Waals surface area contributed by atoms with Crippen molar-refractivity contribution in [2.45, 2.75) is 57.2 Å². The third kappa shape index (κ3) is 6.71. The minimum absolute atomic E-state index is 0.0764. The molecule has 1 aromatic carbocycles. The molecular formula is C20H24F4N4O2S. The van der Waals surface area contributed by atoms with Crippen LogP contribution in [0, 0.1) is 5.82 Å². The summed E-state index contributed by atoms with van der Waals surface area (Å²) in [6.45, 7) is 0.0764. The Morgan fingerprint density at radius 3 is 2.58 bits per heavy atom. The molecule has 1 aliphatic rings. The number of urea groups is 1. The number of benzene rings is 1. The van der Waals surface area contributed by atoms with Crippen LogP contribution in [-0.2, 0) is 12.6 Å². The summed E-state index contributed by atoms with van der Waals surface area (Å²) in [5, 5.41) is 18.5. The number of carbonyl (C=O) groups excluding carboxylic acids is 1. The van der Waals surface area contributed by atoms with Crippen LogP contribution in [0.25, 0.3) is 0 Å². The fourth-order valence-corrected chi connectivity index (χ4v) is 4.41. The van der Waals surface area contributed by atoms with E-state index in [1.165, 1.54) is 24.2 Å². The molecule has 1 saturated carbocycles. The van der Waals surface area contributed by atoms with Crippen molar-refractivity contribution in [3.8, 4) is 5.88 Å². The maximum Gasteiger partial charge on any atom is 0.418 e. The number of rotatable bonds is 6. The monoisotopic (exact) mass is 460 g/mol. The van der Waals surface area contributed by atoms with Crippen LogP contribution in [0.2, 0.25) is 0 Å². The second-order valence-corrected chi connectivity index (χ2v) is 8.50. The fraction of sp³-hybridized carbons (Fsp3) is 0.500. The first kappa shape index (κ1) is 23.1. The highest BCUT2D eigenvalue weighted by Gasteiger charge is 2.34. The number of anilines is 2. The van der Waals surface area contributed by atoms with E-state index in [0.29, 0.717) is 22.1 Å². The second kappa shape index (κ2) is 10.2. The highest BCUT2D eigenvalue weighted by Crippen LogP contribution is 2.35. The Kier molecular flexibility index (Phi) is 7.58. The summed E-state index contributed by atoms with van der Waals surface area (Å²) < 4.78 is 52.2. The number of alkyl halides is 3. The van der Waals surface area contributed by atoms with E-state index >= 15 is 0 Å². The summed E-state index contributed by atoms with van der Waals surface area (Å²) in [6.07, 6.45) is 2.33. The van der Waals surface area contributed by atoms with E-state index in [4.69, 9.17) is 0 Å². The van der Waals surface area contributed by atoms with E-state index in [2.05, 4.69) is 20.9 Å². The highest BCUT2D eigenvalue weighted by atomic mass is 32.1. The fourth-order valence-electron chi connectivity index (χ4n) is 3.48. The molecule has 0 radical (unpaired) electrons. The molecule has 0 bridgehead atoms. The lowest BCUT2D eigenvalue weighted by atomic mass is 10.1. The van der Waals surface area contributed by atoms with Crippen molar-refractivity contribution >= 4 is 28.2 Å². The van der Waals surface area contributed by atoms with Gasteiger partial charge in [-0.15, -0.1) is 0 Å². The van der Waals surface area contributed by atoms with Crippen molar-refractivity contribution < 1.29 is 27.5 Å². The number of nitrogens with zero attached hydrogens (tertiary/aromatic N) is 1. The molecule has 1 aromatic heterocycles. The maximum atomic E-state index is 13.2. The van der Waals surface area contributed by atoms with Crippen LogP contribution in [0.3, 0.4) is 0 Å². The first-order chi connectivity index (χ1) is 14.7. The van der Waals surface area contributed by atoms with Crippen molar-refractivity contribution in [2.24, 2.45) is 0 Å². The molecule has 1 fully saturated rings. The Balaban J connectivity index is 1.51. The van der Waals surface area contributed by atoms with Crippen LogP contribution in [0.1, 0.15) is 49.0 Å². The van der Waals surface area contributed by atoms with Crippen molar-refractivity contribution in [1.29, 1.82) is 0 Å². The van der Waals surface area contributed by atoms with Gasteiger partial charge in [0.2, 0.25) is 5.88 Å². The first-order valence-electron chi connectivity index (χ1n) is 10.1. The standard InChI is InChI=1S/C20H24F4N4O2S/c21-12-7-8-15(14(11-12)20(22,23)24)27-18(30)25-10-9-16-17(29)28-19(31-16)26-13-5-3-1-2-4-6-13/h7-8,11,13,29H,1-6,9-10H2,(H,26,28)(H2,25,27,30). The second-order valence-electron chi connectivity index (χ2n) is 7.42. The zero-order valence-corrected chi connectivity index (χ0v) is 17.5. The number of aromatic hydroxyl groups is 1. The predicted octanol–water partition coefficient (Wildman–Crippen LogP) is 5.51. The molecule has 0 saturated heterocycles. The lowest BCUT2D eigenvalue weighted by Crippen LogP contribution is -2.31. The quantitative estimate of drug-likeness (QED) is 0.338. The van der Waals surface area contributed by atoms with Crippen molar-refractivity contribution in [3.63, 3.8) is 0 Å². The zero-order valence-electron chi connectivity index (χ0n) is 16.7. The molecule has 170 valence electrons. The topological polar surface area (TPSA) is 86.3 Å². The van der Waals surface area contributed by atoms with Crippen LogP contribution < -0.4 is 16.0 Å². The molecule has 4 N–H and O–H groups in total. The molecule has 1 aliphatic carbocycles. The summed E-state index contributed by atoms with van der Waals surface area (Å²) in [4.78, 5) is 16.7. The van der Waals surface area contributed by atoms with Gasteiger partial charge in [-0.3, -0.25) is 0 Å². The molecular weight excluding hydrogens is 436 g/mol. The zero-order chi connectivity index (χ0) is 22.4. The molecule has 31 heavy (non-hydrogen) atoms. The van der Waals surface area contributed by atoms with E-state index in [-0.39, 0.29) is 18.8 Å². The lowest BCUT2D eigenvalue weighted by molar-refractivity contribution is -0.137. The van der Waals surface area contributed by atoms with E-state index in [9.17, 15) is 27.5 Å². The van der Waals surface area contributed by atoms with Crippen molar-refractivity contribution in [3.05, 3.63) is 34.5 Å². The first-order valence-corrected chi connectivity index (χ1v) is 10.9. The average Bonchev–Trinajstić information content (AvgIpc) is 2.88. The Morgan fingerprint density at radius 2 is 1.90 bits per heavy atom. The number of hydrogen-bond acceptors (Lipinski definition) is 5. The molecule has 2 amide bonds. The smallest absolute Gasteiger partial charge is 0.418 e. The summed E-state index contributed by atoms with van der Waals surface area (Å²) in [6, 6.07) is 1.48. The van der Waals surface area contributed by atoms with Gasteiger partial charge in [-0.05, 0) is 31.0 Å². The van der Waals surface area contributed by atoms with E-state index in [1.54, 1.807) is 0 Å². The highest BCUT2D eigenvalue weighted by molar-refractivity contribution is 7.15. The van der Waals surface area contributed by atoms with Crippen LogP contribution >= 0.6 is 11.3 Å². The van der Waals surface area contributed by atoms with Gasteiger partial charge in [0.15, 0.2) is 5.13 Å². The van der Waals surface area contributed by atoms with Gasteiger partial charge in [-0.1, -0.05) is 37.0 Å². The maximum absolute atomic E-state index is 13.2.